The summed E-state index contributed by atoms with van der Waals surface area (Å²) in [6, 6.07) is 21.5. The number of aryl methyl sites for hydroxylation is 1. The Balaban J connectivity index is 1.76. The number of rotatable bonds is 9. The number of hydrogen-bond acceptors (Lipinski definition) is 6. The van der Waals surface area contributed by atoms with Crippen LogP contribution in [0.1, 0.15) is 23.6 Å². The molecule has 3 aromatic carbocycles. The lowest BCUT2D eigenvalue weighted by Gasteiger charge is -2.28. The Hall–Kier alpha value is -4.26. The first-order valence-corrected chi connectivity index (χ1v) is 11.7. The molecule has 186 valence electrons. The van der Waals surface area contributed by atoms with Gasteiger partial charge < -0.3 is 19.5 Å². The molecule has 0 radical (unpaired) electrons. The number of amides is 1. The fourth-order valence-electron chi connectivity index (χ4n) is 4.44. The highest BCUT2D eigenvalue weighted by Crippen LogP contribution is 2.43. The van der Waals surface area contributed by atoms with Gasteiger partial charge in [0.15, 0.2) is 23.0 Å². The van der Waals surface area contributed by atoms with E-state index in [-0.39, 0.29) is 17.8 Å². The molecule has 1 amide bonds. The van der Waals surface area contributed by atoms with E-state index in [0.717, 1.165) is 11.3 Å². The predicted molar refractivity (Wildman–Crippen MR) is 140 cm³/mol. The second kappa shape index (κ2) is 10.6. The van der Waals surface area contributed by atoms with Crippen LogP contribution in [-0.4, -0.2) is 45.1 Å². The van der Waals surface area contributed by atoms with Gasteiger partial charge in [0, 0.05) is 31.9 Å². The Morgan fingerprint density at radius 3 is 2.22 bits per heavy atom. The minimum atomic E-state index is -0.814. The molecular formula is C29H30N2O5. The first-order chi connectivity index (χ1) is 17.3. The minimum Gasteiger partial charge on any atom is -0.503 e. The standard InChI is InChI=1S/C29H30N2O5/c1-30(2)21-12-14-22(15-13-21)31-27(20-11-17-24(35-3)25(18-20)36-4)26(28(33)29(31)34)23(32)16-10-19-8-6-5-7-9-19/h5-9,11-15,17-18,27,33H,10,16H2,1-4H3. The van der Waals surface area contributed by atoms with E-state index in [1.807, 2.05) is 73.6 Å². The zero-order chi connectivity index (χ0) is 25.8. The molecule has 1 atom stereocenters. The van der Waals surface area contributed by atoms with Crippen molar-refractivity contribution < 1.29 is 24.2 Å². The van der Waals surface area contributed by atoms with Gasteiger partial charge in [-0.2, -0.15) is 0 Å². The zero-order valence-electron chi connectivity index (χ0n) is 20.9. The second-order valence-electron chi connectivity index (χ2n) is 8.77. The second-order valence-corrected chi connectivity index (χ2v) is 8.77. The van der Waals surface area contributed by atoms with E-state index in [9.17, 15) is 14.7 Å². The smallest absolute Gasteiger partial charge is 0.294 e. The number of hydrogen-bond donors (Lipinski definition) is 1. The van der Waals surface area contributed by atoms with Gasteiger partial charge in [-0.05, 0) is 53.9 Å². The number of ketones is 1. The monoisotopic (exact) mass is 486 g/mol. The molecule has 0 aliphatic carbocycles. The molecule has 1 unspecified atom stereocenters. The van der Waals surface area contributed by atoms with Crippen molar-refractivity contribution in [1.82, 2.24) is 0 Å². The molecule has 7 heteroatoms. The maximum absolute atomic E-state index is 13.5. The van der Waals surface area contributed by atoms with Gasteiger partial charge in [-0.25, -0.2) is 0 Å². The number of ether oxygens (including phenoxy) is 2. The lowest BCUT2D eigenvalue weighted by molar-refractivity contribution is -0.118. The maximum Gasteiger partial charge on any atom is 0.294 e. The van der Waals surface area contributed by atoms with E-state index >= 15 is 0 Å². The molecule has 4 rings (SSSR count). The normalized spacial score (nSPS) is 15.3. The SMILES string of the molecule is COc1ccc(C2C(C(=O)CCc3ccccc3)=C(O)C(=O)N2c2ccc(N(C)C)cc2)cc1OC. The summed E-state index contributed by atoms with van der Waals surface area (Å²) in [4.78, 5) is 30.3. The Kier molecular flexibility index (Phi) is 7.29. The van der Waals surface area contributed by atoms with Gasteiger partial charge in [-0.1, -0.05) is 36.4 Å². The Morgan fingerprint density at radius 1 is 0.944 bits per heavy atom. The minimum absolute atomic E-state index is 0.0832. The molecule has 0 aromatic heterocycles. The summed E-state index contributed by atoms with van der Waals surface area (Å²) in [5, 5.41) is 11.0. The number of aliphatic hydroxyl groups is 1. The molecule has 0 saturated carbocycles. The molecule has 7 nitrogen and oxygen atoms in total. The molecule has 0 saturated heterocycles. The first-order valence-electron chi connectivity index (χ1n) is 11.7. The molecule has 1 aliphatic heterocycles. The summed E-state index contributed by atoms with van der Waals surface area (Å²) in [5.41, 5.74) is 3.26. The van der Waals surface area contributed by atoms with E-state index in [1.54, 1.807) is 25.3 Å². The van der Waals surface area contributed by atoms with E-state index in [2.05, 4.69) is 0 Å². The Morgan fingerprint density at radius 2 is 1.61 bits per heavy atom. The lowest BCUT2D eigenvalue weighted by Crippen LogP contribution is -2.31. The number of benzene rings is 3. The zero-order valence-corrected chi connectivity index (χ0v) is 20.9. The van der Waals surface area contributed by atoms with Crippen LogP contribution in [0, 0.1) is 0 Å². The number of nitrogens with zero attached hydrogens (tertiary/aromatic N) is 2. The van der Waals surface area contributed by atoms with Crippen LogP contribution in [0.25, 0.3) is 0 Å². The van der Waals surface area contributed by atoms with E-state index < -0.39 is 17.7 Å². The van der Waals surface area contributed by atoms with Gasteiger partial charge in [0.25, 0.3) is 5.91 Å². The first kappa shape index (κ1) is 24.9. The van der Waals surface area contributed by atoms with E-state index in [1.165, 1.54) is 12.0 Å². The number of methoxy groups -OCH3 is 2. The number of anilines is 2. The van der Waals surface area contributed by atoms with Crippen molar-refractivity contribution in [3.8, 4) is 11.5 Å². The highest BCUT2D eigenvalue weighted by Gasteiger charge is 2.44. The van der Waals surface area contributed by atoms with Crippen molar-refractivity contribution in [2.45, 2.75) is 18.9 Å². The van der Waals surface area contributed by atoms with Crippen molar-refractivity contribution in [2.75, 3.05) is 38.1 Å². The van der Waals surface area contributed by atoms with Gasteiger partial charge in [-0.3, -0.25) is 14.5 Å². The topological polar surface area (TPSA) is 79.3 Å². The summed E-state index contributed by atoms with van der Waals surface area (Å²) < 4.78 is 10.8. The molecule has 1 aliphatic rings. The predicted octanol–water partition coefficient (Wildman–Crippen LogP) is 4.87. The third-order valence-corrected chi connectivity index (χ3v) is 6.36. The molecule has 0 bridgehead atoms. The Bertz CT molecular complexity index is 1280. The number of carbonyl (C=O) groups excluding carboxylic acids is 2. The van der Waals surface area contributed by atoms with E-state index in [4.69, 9.17) is 9.47 Å². The highest BCUT2D eigenvalue weighted by molar-refractivity contribution is 6.16. The average molecular weight is 487 g/mol. The summed E-state index contributed by atoms with van der Waals surface area (Å²) in [7, 11) is 6.93. The third kappa shape index (κ3) is 4.77. The van der Waals surface area contributed by atoms with Crippen molar-refractivity contribution in [3.63, 3.8) is 0 Å². The van der Waals surface area contributed by atoms with Crippen LogP contribution < -0.4 is 19.3 Å². The van der Waals surface area contributed by atoms with Crippen LogP contribution in [0.5, 0.6) is 11.5 Å². The molecular weight excluding hydrogens is 456 g/mol. The fourth-order valence-corrected chi connectivity index (χ4v) is 4.44. The highest BCUT2D eigenvalue weighted by atomic mass is 16.5. The summed E-state index contributed by atoms with van der Waals surface area (Å²) in [6.07, 6.45) is 0.661. The fraction of sp³-hybridized carbons (Fsp3) is 0.241. The van der Waals surface area contributed by atoms with Crippen molar-refractivity contribution in [1.29, 1.82) is 0 Å². The summed E-state index contributed by atoms with van der Waals surface area (Å²) >= 11 is 0. The molecule has 3 aromatic rings. The molecule has 36 heavy (non-hydrogen) atoms. The van der Waals surface area contributed by atoms with Gasteiger partial charge in [0.05, 0.1) is 25.8 Å². The van der Waals surface area contributed by atoms with Crippen molar-refractivity contribution >= 4 is 23.1 Å². The van der Waals surface area contributed by atoms with Gasteiger partial charge in [-0.15, -0.1) is 0 Å². The number of Topliss-reactive ketones (excluding diaryl/α,β-unsaturated/α-hetero) is 1. The van der Waals surface area contributed by atoms with E-state index in [0.29, 0.717) is 29.2 Å². The number of carbonyl (C=O) groups is 2. The third-order valence-electron chi connectivity index (χ3n) is 6.36. The molecule has 1 N–H and O–H groups in total. The van der Waals surface area contributed by atoms with Crippen LogP contribution in [0.3, 0.4) is 0 Å². The van der Waals surface area contributed by atoms with Gasteiger partial charge >= 0.3 is 0 Å². The largest absolute Gasteiger partial charge is 0.503 e. The van der Waals surface area contributed by atoms with Crippen LogP contribution in [0.4, 0.5) is 11.4 Å². The van der Waals surface area contributed by atoms with Gasteiger partial charge in [0.2, 0.25) is 0 Å². The maximum atomic E-state index is 13.5. The van der Waals surface area contributed by atoms with Gasteiger partial charge in [0.1, 0.15) is 0 Å². The molecule has 0 spiro atoms. The van der Waals surface area contributed by atoms with Crippen LogP contribution in [0.15, 0.2) is 84.1 Å². The molecule has 0 fully saturated rings. The van der Waals surface area contributed by atoms with Crippen molar-refractivity contribution in [3.05, 3.63) is 95.3 Å². The lowest BCUT2D eigenvalue weighted by atomic mass is 9.92. The quantitative estimate of drug-likeness (QED) is 0.465. The molecule has 1 heterocycles. The van der Waals surface area contributed by atoms with Crippen LogP contribution in [-0.2, 0) is 16.0 Å². The Labute approximate surface area is 211 Å². The van der Waals surface area contributed by atoms with Crippen LogP contribution >= 0.6 is 0 Å². The summed E-state index contributed by atoms with van der Waals surface area (Å²) in [5.74, 6) is -0.428. The number of aliphatic hydroxyl groups excluding tert-OH is 1. The van der Waals surface area contributed by atoms with Crippen LogP contribution in [0.2, 0.25) is 0 Å². The summed E-state index contributed by atoms with van der Waals surface area (Å²) in [6.45, 7) is 0. The average Bonchev–Trinajstić information content (AvgIpc) is 3.17. The van der Waals surface area contributed by atoms with Crippen molar-refractivity contribution in [2.24, 2.45) is 0 Å².